The lowest BCUT2D eigenvalue weighted by molar-refractivity contribution is 0.172. The monoisotopic (exact) mass is 252 g/mol. The Bertz CT molecular complexity index is 405. The third-order valence-corrected chi connectivity index (χ3v) is 3.54. The van der Waals surface area contributed by atoms with Crippen molar-refractivity contribution in [1.29, 1.82) is 0 Å². The first-order valence-electron chi connectivity index (χ1n) is 6.24. The molecule has 0 radical (unpaired) electrons. The highest BCUT2D eigenvalue weighted by atomic mass is 16.5. The number of aliphatic hydroxyl groups excluding tert-OH is 1. The summed E-state index contributed by atoms with van der Waals surface area (Å²) >= 11 is 0. The summed E-state index contributed by atoms with van der Waals surface area (Å²) < 4.78 is 5.06. The zero-order valence-corrected chi connectivity index (χ0v) is 10.6. The maximum atomic E-state index is 9.64. The van der Waals surface area contributed by atoms with Gasteiger partial charge in [0.2, 0.25) is 5.88 Å². The van der Waals surface area contributed by atoms with Gasteiger partial charge in [-0.05, 0) is 12.8 Å². The molecule has 0 spiro atoms. The van der Waals surface area contributed by atoms with Crippen LogP contribution in [0.5, 0.6) is 5.88 Å². The Morgan fingerprint density at radius 3 is 2.72 bits per heavy atom. The van der Waals surface area contributed by atoms with Gasteiger partial charge in [-0.25, -0.2) is 4.98 Å². The van der Waals surface area contributed by atoms with Crippen LogP contribution in [0.1, 0.15) is 32.1 Å². The van der Waals surface area contributed by atoms with Gasteiger partial charge < -0.3 is 20.9 Å². The quantitative estimate of drug-likeness (QED) is 0.745. The molecular formula is C12H20N4O2. The van der Waals surface area contributed by atoms with Crippen LogP contribution < -0.4 is 15.8 Å². The van der Waals surface area contributed by atoms with E-state index in [1.165, 1.54) is 19.9 Å². The lowest BCUT2D eigenvalue weighted by Crippen LogP contribution is -2.44. The molecule has 6 nitrogen and oxygen atoms in total. The Labute approximate surface area is 107 Å². The van der Waals surface area contributed by atoms with Crippen LogP contribution in [0.3, 0.4) is 0 Å². The molecule has 2 rings (SSSR count). The number of anilines is 2. The molecule has 0 aliphatic heterocycles. The number of methoxy groups -OCH3 is 1. The zero-order chi connectivity index (χ0) is 13.0. The lowest BCUT2D eigenvalue weighted by Gasteiger charge is -2.37. The van der Waals surface area contributed by atoms with Crippen LogP contribution in [0.15, 0.2) is 6.33 Å². The number of hydrogen-bond donors (Lipinski definition) is 3. The molecule has 1 heterocycles. The van der Waals surface area contributed by atoms with Crippen molar-refractivity contribution in [2.24, 2.45) is 0 Å². The van der Waals surface area contributed by atoms with Crippen molar-refractivity contribution in [2.75, 3.05) is 24.8 Å². The first-order valence-corrected chi connectivity index (χ1v) is 6.24. The maximum Gasteiger partial charge on any atom is 0.242 e. The van der Waals surface area contributed by atoms with Gasteiger partial charge in [0.25, 0.3) is 0 Å². The molecule has 0 bridgehead atoms. The van der Waals surface area contributed by atoms with Gasteiger partial charge in [-0.1, -0.05) is 19.3 Å². The summed E-state index contributed by atoms with van der Waals surface area (Å²) in [6.45, 7) is 0.0821. The Morgan fingerprint density at radius 2 is 2.11 bits per heavy atom. The zero-order valence-electron chi connectivity index (χ0n) is 10.6. The average molecular weight is 252 g/mol. The number of ether oxygens (including phenoxy) is 1. The summed E-state index contributed by atoms with van der Waals surface area (Å²) in [5.74, 6) is 0.897. The van der Waals surface area contributed by atoms with Crippen LogP contribution in [0.25, 0.3) is 0 Å². The molecule has 0 aromatic carbocycles. The Hall–Kier alpha value is -1.56. The van der Waals surface area contributed by atoms with Crippen molar-refractivity contribution >= 4 is 11.5 Å². The van der Waals surface area contributed by atoms with Crippen LogP contribution >= 0.6 is 0 Å². The van der Waals surface area contributed by atoms with Gasteiger partial charge in [0.05, 0.1) is 19.3 Å². The fourth-order valence-corrected chi connectivity index (χ4v) is 2.44. The molecule has 0 unspecified atom stereocenters. The first-order chi connectivity index (χ1) is 8.71. The van der Waals surface area contributed by atoms with Crippen molar-refractivity contribution in [3.8, 4) is 5.88 Å². The third kappa shape index (κ3) is 2.48. The highest BCUT2D eigenvalue weighted by Gasteiger charge is 2.32. The molecule has 1 saturated carbocycles. The maximum absolute atomic E-state index is 9.64. The van der Waals surface area contributed by atoms with Crippen LogP contribution in [-0.2, 0) is 0 Å². The molecule has 1 aromatic heterocycles. The van der Waals surface area contributed by atoms with Crippen molar-refractivity contribution < 1.29 is 9.84 Å². The molecule has 6 heteroatoms. The molecule has 4 N–H and O–H groups in total. The SMILES string of the molecule is COc1ncnc(NC2(CO)CCCCC2)c1N. The molecular weight excluding hydrogens is 232 g/mol. The average Bonchev–Trinajstić information content (AvgIpc) is 2.42. The predicted molar refractivity (Wildman–Crippen MR) is 69.5 cm³/mol. The Morgan fingerprint density at radius 1 is 1.39 bits per heavy atom. The summed E-state index contributed by atoms with van der Waals surface area (Å²) in [4.78, 5) is 8.07. The number of nitrogens with two attached hydrogens (primary N) is 1. The van der Waals surface area contributed by atoms with E-state index >= 15 is 0 Å². The van der Waals surface area contributed by atoms with Crippen LogP contribution in [0, 0.1) is 0 Å². The summed E-state index contributed by atoms with van der Waals surface area (Å²) in [7, 11) is 1.52. The van der Waals surface area contributed by atoms with E-state index in [1.807, 2.05) is 0 Å². The van der Waals surface area contributed by atoms with E-state index in [1.54, 1.807) is 0 Å². The summed E-state index contributed by atoms with van der Waals surface area (Å²) in [6.07, 6.45) is 6.69. The molecule has 0 saturated heterocycles. The topological polar surface area (TPSA) is 93.3 Å². The van der Waals surface area contributed by atoms with Gasteiger partial charge in [0, 0.05) is 0 Å². The normalized spacial score (nSPS) is 18.3. The number of rotatable bonds is 4. The second-order valence-electron chi connectivity index (χ2n) is 4.77. The third-order valence-electron chi connectivity index (χ3n) is 3.54. The highest BCUT2D eigenvalue weighted by molar-refractivity contribution is 5.67. The first kappa shape index (κ1) is 12.9. The van der Waals surface area contributed by atoms with E-state index < -0.39 is 0 Å². The summed E-state index contributed by atoms with van der Waals surface area (Å²) in [5.41, 5.74) is 6.00. The van der Waals surface area contributed by atoms with E-state index in [0.717, 1.165) is 25.7 Å². The summed E-state index contributed by atoms with van der Waals surface area (Å²) in [6, 6.07) is 0. The Kier molecular flexibility index (Phi) is 3.86. The largest absolute Gasteiger partial charge is 0.479 e. The summed E-state index contributed by atoms with van der Waals surface area (Å²) in [5, 5.41) is 12.9. The minimum Gasteiger partial charge on any atom is -0.479 e. The van der Waals surface area contributed by atoms with E-state index in [2.05, 4.69) is 15.3 Å². The second-order valence-corrected chi connectivity index (χ2v) is 4.77. The number of nitrogens with zero attached hydrogens (tertiary/aromatic N) is 2. The molecule has 0 amide bonds. The van der Waals surface area contributed by atoms with Gasteiger partial charge in [-0.15, -0.1) is 0 Å². The van der Waals surface area contributed by atoms with E-state index in [9.17, 15) is 5.11 Å². The lowest BCUT2D eigenvalue weighted by atomic mass is 9.82. The van der Waals surface area contributed by atoms with Crippen LogP contribution in [-0.4, -0.2) is 34.3 Å². The molecule has 1 aliphatic carbocycles. The molecule has 18 heavy (non-hydrogen) atoms. The van der Waals surface area contributed by atoms with Gasteiger partial charge in [0.1, 0.15) is 12.0 Å². The second kappa shape index (κ2) is 5.39. The minimum atomic E-state index is -0.314. The van der Waals surface area contributed by atoms with Gasteiger partial charge in [-0.3, -0.25) is 0 Å². The number of hydrogen-bond acceptors (Lipinski definition) is 6. The van der Waals surface area contributed by atoms with E-state index in [0.29, 0.717) is 17.4 Å². The molecule has 100 valence electrons. The van der Waals surface area contributed by atoms with Crippen molar-refractivity contribution in [2.45, 2.75) is 37.6 Å². The molecule has 0 atom stereocenters. The molecule has 1 aromatic rings. The fourth-order valence-electron chi connectivity index (χ4n) is 2.44. The number of nitrogens with one attached hydrogen (secondary N) is 1. The van der Waals surface area contributed by atoms with Gasteiger partial charge >= 0.3 is 0 Å². The number of aliphatic hydroxyl groups is 1. The fraction of sp³-hybridized carbons (Fsp3) is 0.667. The van der Waals surface area contributed by atoms with E-state index in [-0.39, 0.29) is 12.1 Å². The van der Waals surface area contributed by atoms with Crippen molar-refractivity contribution in [3.63, 3.8) is 0 Å². The van der Waals surface area contributed by atoms with Gasteiger partial charge in [-0.2, -0.15) is 4.98 Å². The van der Waals surface area contributed by atoms with Crippen LogP contribution in [0.2, 0.25) is 0 Å². The molecule has 1 fully saturated rings. The highest BCUT2D eigenvalue weighted by Crippen LogP contribution is 2.34. The van der Waals surface area contributed by atoms with E-state index in [4.69, 9.17) is 10.5 Å². The minimum absolute atomic E-state index is 0.0821. The van der Waals surface area contributed by atoms with Gasteiger partial charge in [0.15, 0.2) is 5.82 Å². The Balaban J connectivity index is 2.21. The molecule has 1 aliphatic rings. The van der Waals surface area contributed by atoms with Crippen LogP contribution in [0.4, 0.5) is 11.5 Å². The standard InChI is InChI=1S/C12H20N4O2/c1-18-11-9(13)10(14-8-15-11)16-12(7-17)5-3-2-4-6-12/h8,17H,2-7,13H2,1H3,(H,14,15,16). The van der Waals surface area contributed by atoms with Crippen molar-refractivity contribution in [1.82, 2.24) is 9.97 Å². The predicted octanol–water partition coefficient (Wildman–Crippen LogP) is 1.17. The number of aromatic nitrogens is 2. The van der Waals surface area contributed by atoms with Crippen molar-refractivity contribution in [3.05, 3.63) is 6.33 Å². The number of nitrogen functional groups attached to an aromatic ring is 1. The smallest absolute Gasteiger partial charge is 0.242 e.